The molecule has 2 aromatic rings. The highest BCUT2D eigenvalue weighted by Gasteiger charge is 2.26. The molecule has 0 fully saturated rings. The predicted octanol–water partition coefficient (Wildman–Crippen LogP) is 6.27. The number of hydrogen-bond donors (Lipinski definition) is 1. The van der Waals surface area contributed by atoms with Gasteiger partial charge in [-0.05, 0) is 69.2 Å². The first-order valence-corrected chi connectivity index (χ1v) is 16.1. The molecule has 0 saturated heterocycles. The Morgan fingerprint density at radius 3 is 1.45 bits per heavy atom. The van der Waals surface area contributed by atoms with Crippen LogP contribution in [-0.2, 0) is 36.9 Å². The maximum atomic E-state index is 11.5. The van der Waals surface area contributed by atoms with Gasteiger partial charge in [-0.25, -0.2) is 0 Å². The number of hydrogen-bond acceptors (Lipinski definition) is 7. The second-order valence-corrected chi connectivity index (χ2v) is 10.9. The van der Waals surface area contributed by atoms with Crippen LogP contribution in [0.4, 0.5) is 0 Å². The SMILES string of the molecule is CCCN(CCC)CCOCCC(O)(CCCOCCOCc1ccccc1)CCCOCCOCc1ccccc1. The van der Waals surface area contributed by atoms with Crippen molar-refractivity contribution in [3.8, 4) is 0 Å². The lowest BCUT2D eigenvalue weighted by Gasteiger charge is -2.29. The van der Waals surface area contributed by atoms with Gasteiger partial charge in [0.05, 0.1) is 51.8 Å². The number of ether oxygens (including phenoxy) is 5. The van der Waals surface area contributed by atoms with E-state index < -0.39 is 5.60 Å². The van der Waals surface area contributed by atoms with Gasteiger partial charge in [0.25, 0.3) is 0 Å². The molecule has 1 N–H and O–H groups in total. The molecule has 0 saturated carbocycles. The summed E-state index contributed by atoms with van der Waals surface area (Å²) in [5, 5.41) is 11.5. The second-order valence-electron chi connectivity index (χ2n) is 10.9. The molecule has 0 unspecified atom stereocenters. The van der Waals surface area contributed by atoms with Gasteiger partial charge < -0.3 is 33.7 Å². The third-order valence-corrected chi connectivity index (χ3v) is 7.17. The van der Waals surface area contributed by atoms with Crippen molar-refractivity contribution in [3.63, 3.8) is 0 Å². The number of benzene rings is 2. The molecule has 2 aromatic carbocycles. The molecule has 0 radical (unpaired) electrons. The Hall–Kier alpha value is -1.84. The van der Waals surface area contributed by atoms with Crippen LogP contribution in [0.3, 0.4) is 0 Å². The maximum absolute atomic E-state index is 11.5. The van der Waals surface area contributed by atoms with E-state index in [4.69, 9.17) is 23.7 Å². The zero-order valence-corrected chi connectivity index (χ0v) is 26.4. The molecule has 0 amide bonds. The van der Waals surface area contributed by atoms with Gasteiger partial charge >= 0.3 is 0 Å². The van der Waals surface area contributed by atoms with Crippen molar-refractivity contribution < 1.29 is 28.8 Å². The van der Waals surface area contributed by atoms with Gasteiger partial charge in [-0.15, -0.1) is 0 Å². The minimum absolute atomic E-state index is 0.556. The van der Waals surface area contributed by atoms with Gasteiger partial charge in [-0.2, -0.15) is 0 Å². The summed E-state index contributed by atoms with van der Waals surface area (Å²) in [5.74, 6) is 0. The van der Waals surface area contributed by atoms with Crippen LogP contribution in [0.1, 0.15) is 69.9 Å². The van der Waals surface area contributed by atoms with E-state index in [2.05, 4.69) is 43.0 Å². The third-order valence-electron chi connectivity index (χ3n) is 7.17. The van der Waals surface area contributed by atoms with Crippen LogP contribution in [0.2, 0.25) is 0 Å². The Balaban J connectivity index is 1.62. The minimum Gasteiger partial charge on any atom is -0.390 e. The molecule has 0 aliphatic carbocycles. The summed E-state index contributed by atoms with van der Waals surface area (Å²) < 4.78 is 28.9. The van der Waals surface area contributed by atoms with E-state index in [0.717, 1.165) is 56.4 Å². The molecule has 2 rings (SSSR count). The van der Waals surface area contributed by atoms with Crippen molar-refractivity contribution in [1.82, 2.24) is 4.90 Å². The molecule has 0 aliphatic rings. The van der Waals surface area contributed by atoms with Crippen molar-refractivity contribution >= 4 is 0 Å². The van der Waals surface area contributed by atoms with Gasteiger partial charge in [-0.3, -0.25) is 0 Å². The van der Waals surface area contributed by atoms with E-state index in [1.807, 2.05) is 36.4 Å². The minimum atomic E-state index is -0.785. The second kappa shape index (κ2) is 24.6. The van der Waals surface area contributed by atoms with Crippen molar-refractivity contribution in [1.29, 1.82) is 0 Å². The zero-order chi connectivity index (χ0) is 30.0. The summed E-state index contributed by atoms with van der Waals surface area (Å²) in [4.78, 5) is 2.45. The Bertz CT molecular complexity index is 792. The van der Waals surface area contributed by atoms with E-state index in [0.29, 0.717) is 85.3 Å². The topological polar surface area (TPSA) is 69.6 Å². The van der Waals surface area contributed by atoms with E-state index >= 15 is 0 Å². The lowest BCUT2D eigenvalue weighted by Crippen LogP contribution is -2.33. The van der Waals surface area contributed by atoms with Crippen molar-refractivity contribution in [2.75, 3.05) is 72.5 Å². The van der Waals surface area contributed by atoms with Gasteiger partial charge in [-0.1, -0.05) is 74.5 Å². The molecule has 7 heteroatoms. The fourth-order valence-corrected chi connectivity index (χ4v) is 4.88. The molecule has 238 valence electrons. The highest BCUT2D eigenvalue weighted by Crippen LogP contribution is 2.24. The normalized spacial score (nSPS) is 11.9. The quantitative estimate of drug-likeness (QED) is 0.118. The van der Waals surface area contributed by atoms with E-state index in [9.17, 15) is 5.11 Å². The Morgan fingerprint density at radius 1 is 0.524 bits per heavy atom. The van der Waals surface area contributed by atoms with Gasteiger partial charge in [0.2, 0.25) is 0 Å². The smallest absolute Gasteiger partial charge is 0.0718 e. The summed E-state index contributed by atoms with van der Waals surface area (Å²) >= 11 is 0. The molecular weight excluding hydrogens is 530 g/mol. The number of nitrogens with zero attached hydrogens (tertiary/aromatic N) is 1. The highest BCUT2D eigenvalue weighted by atomic mass is 16.5. The van der Waals surface area contributed by atoms with Crippen LogP contribution in [0.15, 0.2) is 60.7 Å². The average Bonchev–Trinajstić information content (AvgIpc) is 3.01. The van der Waals surface area contributed by atoms with Crippen molar-refractivity contribution in [2.45, 2.75) is 77.6 Å². The van der Waals surface area contributed by atoms with E-state index in [1.165, 1.54) is 0 Å². The molecule has 0 bridgehead atoms. The lowest BCUT2D eigenvalue weighted by atomic mass is 9.89. The Labute approximate surface area is 255 Å². The highest BCUT2D eigenvalue weighted by molar-refractivity contribution is 5.14. The zero-order valence-electron chi connectivity index (χ0n) is 26.4. The molecule has 0 aromatic heterocycles. The number of rotatable bonds is 28. The summed E-state index contributed by atoms with van der Waals surface area (Å²) in [6, 6.07) is 20.3. The average molecular weight is 588 g/mol. The van der Waals surface area contributed by atoms with Crippen LogP contribution in [0, 0.1) is 0 Å². The molecule has 7 nitrogen and oxygen atoms in total. The fraction of sp³-hybridized carbons (Fsp3) is 0.657. The lowest BCUT2D eigenvalue weighted by molar-refractivity contribution is -0.0320. The predicted molar refractivity (Wildman–Crippen MR) is 170 cm³/mol. The van der Waals surface area contributed by atoms with Crippen molar-refractivity contribution in [2.24, 2.45) is 0 Å². The van der Waals surface area contributed by atoms with Crippen molar-refractivity contribution in [3.05, 3.63) is 71.8 Å². The first kappa shape index (κ1) is 36.4. The summed E-state index contributed by atoms with van der Waals surface area (Å²) in [6.07, 6.45) is 5.88. The molecule has 0 aliphatic heterocycles. The van der Waals surface area contributed by atoms with Crippen LogP contribution in [0.25, 0.3) is 0 Å². The Morgan fingerprint density at radius 2 is 0.976 bits per heavy atom. The first-order chi connectivity index (χ1) is 20.6. The first-order valence-electron chi connectivity index (χ1n) is 16.1. The van der Waals surface area contributed by atoms with Crippen LogP contribution >= 0.6 is 0 Å². The van der Waals surface area contributed by atoms with E-state index in [-0.39, 0.29) is 0 Å². The third kappa shape index (κ3) is 18.6. The molecule has 0 atom stereocenters. The Kier molecular flexibility index (Phi) is 21.3. The summed E-state index contributed by atoms with van der Waals surface area (Å²) in [5.41, 5.74) is 1.54. The molecule has 42 heavy (non-hydrogen) atoms. The molecule has 0 spiro atoms. The largest absolute Gasteiger partial charge is 0.390 e. The monoisotopic (exact) mass is 587 g/mol. The van der Waals surface area contributed by atoms with Crippen LogP contribution < -0.4 is 0 Å². The van der Waals surface area contributed by atoms with Gasteiger partial charge in [0.15, 0.2) is 0 Å². The summed E-state index contributed by atoms with van der Waals surface area (Å²) in [7, 11) is 0. The number of aliphatic hydroxyl groups is 1. The maximum Gasteiger partial charge on any atom is 0.0718 e. The van der Waals surface area contributed by atoms with Gasteiger partial charge in [0.1, 0.15) is 0 Å². The van der Waals surface area contributed by atoms with Gasteiger partial charge in [0, 0.05) is 26.4 Å². The van der Waals surface area contributed by atoms with Crippen LogP contribution in [0.5, 0.6) is 0 Å². The fourth-order valence-electron chi connectivity index (χ4n) is 4.88. The summed E-state index contributed by atoms with van der Waals surface area (Å²) in [6.45, 7) is 13.5. The van der Waals surface area contributed by atoms with E-state index in [1.54, 1.807) is 0 Å². The molecular formula is C35H57NO6. The molecule has 0 heterocycles. The van der Waals surface area contributed by atoms with Crippen LogP contribution in [-0.4, -0.2) is 88.1 Å². The standard InChI is InChI=1S/C35H57NO6/c1-3-20-36(21-4-2)22-26-40-25-19-35(37,17-11-23-38-27-29-41-31-33-13-7-5-8-14-33)18-12-24-39-28-30-42-32-34-15-9-6-10-16-34/h5-10,13-16,37H,3-4,11-12,17-32H2,1-2H3.